The smallest absolute Gasteiger partial charge is 0.269 e. The minimum absolute atomic E-state index is 0.0613. The zero-order valence-corrected chi connectivity index (χ0v) is 20.0. The van der Waals surface area contributed by atoms with E-state index in [9.17, 15) is 18.5 Å². The summed E-state index contributed by atoms with van der Waals surface area (Å²) in [6.07, 6.45) is 1.36. The summed E-state index contributed by atoms with van der Waals surface area (Å²) in [5, 5.41) is 10.8. The van der Waals surface area contributed by atoms with Crippen molar-refractivity contribution in [2.45, 2.75) is 24.0 Å². The van der Waals surface area contributed by atoms with Gasteiger partial charge >= 0.3 is 0 Å². The van der Waals surface area contributed by atoms with E-state index in [4.69, 9.17) is 14.2 Å². The molecule has 0 heterocycles. The van der Waals surface area contributed by atoms with Crippen molar-refractivity contribution in [1.82, 2.24) is 4.72 Å². The minimum Gasteiger partial charge on any atom is -0.382 e. The van der Waals surface area contributed by atoms with Crippen LogP contribution in [-0.4, -0.2) is 46.6 Å². The highest BCUT2D eigenvalue weighted by atomic mass is 79.9. The topological polar surface area (TPSA) is 117 Å². The fourth-order valence-corrected chi connectivity index (χ4v) is 4.73. The molecular formula is C21H25BrN2O7S. The Balaban J connectivity index is 2.21. The van der Waals surface area contributed by atoms with Crippen LogP contribution in [0.5, 0.6) is 0 Å². The third kappa shape index (κ3) is 8.08. The molecule has 2 atom stereocenters. The fourth-order valence-electron chi connectivity index (χ4n) is 2.62. The highest BCUT2D eigenvalue weighted by Gasteiger charge is 2.24. The van der Waals surface area contributed by atoms with Crippen molar-refractivity contribution in [3.05, 3.63) is 80.8 Å². The van der Waals surface area contributed by atoms with Gasteiger partial charge in [0.25, 0.3) is 5.69 Å². The van der Waals surface area contributed by atoms with Crippen molar-refractivity contribution in [2.24, 2.45) is 0 Å². The Morgan fingerprint density at radius 1 is 1.16 bits per heavy atom. The summed E-state index contributed by atoms with van der Waals surface area (Å²) < 4.78 is 44.9. The highest BCUT2D eigenvalue weighted by Crippen LogP contribution is 2.29. The first-order valence-corrected chi connectivity index (χ1v) is 11.9. The molecule has 0 saturated heterocycles. The van der Waals surface area contributed by atoms with E-state index in [1.54, 1.807) is 44.4 Å². The number of nitro groups is 1. The van der Waals surface area contributed by atoms with E-state index in [1.165, 1.54) is 12.1 Å². The molecule has 0 unspecified atom stereocenters. The molecule has 0 aliphatic carbocycles. The molecule has 0 bridgehead atoms. The summed E-state index contributed by atoms with van der Waals surface area (Å²) in [5.41, 5.74) is 0.507. The Morgan fingerprint density at radius 2 is 1.81 bits per heavy atom. The second-order valence-electron chi connectivity index (χ2n) is 6.66. The third-order valence-electron chi connectivity index (χ3n) is 4.28. The van der Waals surface area contributed by atoms with Gasteiger partial charge in [0, 0.05) is 23.7 Å². The summed E-state index contributed by atoms with van der Waals surface area (Å²) in [5.74, 6) is 0. The summed E-state index contributed by atoms with van der Waals surface area (Å²) >= 11 is 3.48. The van der Waals surface area contributed by atoms with Crippen LogP contribution in [-0.2, 0) is 24.2 Å². The number of non-ortho nitro benzene ring substituents is 1. The molecule has 2 aromatic rings. The zero-order valence-electron chi connectivity index (χ0n) is 17.6. The van der Waals surface area contributed by atoms with Crippen molar-refractivity contribution < 1.29 is 27.6 Å². The molecule has 2 aromatic carbocycles. The Hall–Kier alpha value is -2.15. The van der Waals surface area contributed by atoms with Gasteiger partial charge in [-0.1, -0.05) is 46.3 Å². The lowest BCUT2D eigenvalue weighted by molar-refractivity contribution is -0.384. The van der Waals surface area contributed by atoms with E-state index in [1.807, 2.05) is 6.07 Å². The lowest BCUT2D eigenvalue weighted by atomic mass is 10.1. The van der Waals surface area contributed by atoms with Crippen LogP contribution >= 0.6 is 15.9 Å². The lowest BCUT2D eigenvalue weighted by Crippen LogP contribution is -2.29. The van der Waals surface area contributed by atoms with E-state index in [0.717, 1.165) is 12.1 Å². The van der Waals surface area contributed by atoms with Crippen LogP contribution in [0.4, 0.5) is 5.69 Å². The van der Waals surface area contributed by atoms with Crippen molar-refractivity contribution in [2.75, 3.05) is 27.1 Å². The molecule has 0 saturated carbocycles. The van der Waals surface area contributed by atoms with E-state index >= 15 is 0 Å². The fraction of sp³-hybridized carbons (Fsp3) is 0.333. The molecule has 174 valence electrons. The number of nitrogens with one attached hydrogen (secondary N) is 1. The summed E-state index contributed by atoms with van der Waals surface area (Å²) in [6.45, 7) is 2.72. The zero-order chi connectivity index (χ0) is 23.6. The van der Waals surface area contributed by atoms with Crippen LogP contribution in [0.1, 0.15) is 18.5 Å². The van der Waals surface area contributed by atoms with E-state index in [2.05, 4.69) is 20.7 Å². The molecule has 0 amide bonds. The average Bonchev–Trinajstić information content (AvgIpc) is 2.78. The van der Waals surface area contributed by atoms with Crippen LogP contribution in [0.3, 0.4) is 0 Å². The predicted molar refractivity (Wildman–Crippen MR) is 123 cm³/mol. The molecule has 1 N–H and O–H groups in total. The second kappa shape index (κ2) is 12.8. The first-order valence-electron chi connectivity index (χ1n) is 9.62. The third-order valence-corrected chi connectivity index (χ3v) is 6.44. The maximum atomic E-state index is 13.0. The van der Waals surface area contributed by atoms with Crippen LogP contribution in [0.15, 0.2) is 70.1 Å². The second-order valence-corrected chi connectivity index (χ2v) is 9.29. The van der Waals surface area contributed by atoms with Gasteiger partial charge in [-0.2, -0.15) is 4.72 Å². The van der Waals surface area contributed by atoms with Crippen molar-refractivity contribution >= 4 is 31.6 Å². The minimum atomic E-state index is -3.98. The first-order chi connectivity index (χ1) is 15.2. The Morgan fingerprint density at radius 3 is 2.41 bits per heavy atom. The normalized spacial score (nSPS) is 14.2. The number of methoxy groups -OCH3 is 1. The molecule has 32 heavy (non-hydrogen) atoms. The average molecular weight is 529 g/mol. The van der Waals surface area contributed by atoms with Gasteiger partial charge in [0.15, 0.2) is 0 Å². The van der Waals surface area contributed by atoms with Gasteiger partial charge in [0.2, 0.25) is 10.0 Å². The molecule has 0 aromatic heterocycles. The number of benzene rings is 2. The molecule has 0 aliphatic heterocycles. The molecular weight excluding hydrogens is 504 g/mol. The van der Waals surface area contributed by atoms with Gasteiger partial charge in [0.1, 0.15) is 6.79 Å². The predicted octanol–water partition coefficient (Wildman–Crippen LogP) is 3.92. The standard InChI is InChI=1S/C21H25BrN2O7S/c1-16(31-15-30-13-12-29-2)14-20(22)21(17-6-4-3-5-7-17)23-32(27,28)19-10-8-18(9-11-19)24(25)26/h3-11,14,16,21,23H,12-13,15H2,1-2H3/b20-14+/t16-,21+/m0/s1. The van der Waals surface area contributed by atoms with Crippen molar-refractivity contribution in [1.29, 1.82) is 0 Å². The largest absolute Gasteiger partial charge is 0.382 e. The maximum absolute atomic E-state index is 13.0. The lowest BCUT2D eigenvalue weighted by Gasteiger charge is -2.20. The monoisotopic (exact) mass is 528 g/mol. The van der Waals surface area contributed by atoms with Crippen molar-refractivity contribution in [3.8, 4) is 0 Å². The van der Waals surface area contributed by atoms with Crippen molar-refractivity contribution in [3.63, 3.8) is 0 Å². The van der Waals surface area contributed by atoms with Gasteiger partial charge in [0.05, 0.1) is 35.2 Å². The molecule has 0 spiro atoms. The number of ether oxygens (including phenoxy) is 3. The highest BCUT2D eigenvalue weighted by molar-refractivity contribution is 9.11. The van der Waals surface area contributed by atoms with E-state index in [0.29, 0.717) is 23.3 Å². The van der Waals surface area contributed by atoms with Gasteiger partial charge in [-0.05, 0) is 30.7 Å². The van der Waals surface area contributed by atoms with Gasteiger partial charge < -0.3 is 14.2 Å². The molecule has 0 fully saturated rings. The maximum Gasteiger partial charge on any atom is 0.269 e. The summed E-state index contributed by atoms with van der Waals surface area (Å²) in [4.78, 5) is 10.2. The van der Waals surface area contributed by atoms with E-state index in [-0.39, 0.29) is 23.5 Å². The molecule has 0 radical (unpaired) electrons. The van der Waals surface area contributed by atoms with Crippen LogP contribution < -0.4 is 4.72 Å². The quantitative estimate of drug-likeness (QED) is 0.181. The molecule has 9 nitrogen and oxygen atoms in total. The van der Waals surface area contributed by atoms with Gasteiger partial charge in [-0.3, -0.25) is 10.1 Å². The SMILES string of the molecule is COCCOCO[C@@H](C)/C=C(/Br)[C@H](NS(=O)(=O)c1ccc([N+](=O)[O-])cc1)c1ccccc1. The molecule has 11 heteroatoms. The van der Waals surface area contributed by atoms with E-state index < -0.39 is 21.0 Å². The van der Waals surface area contributed by atoms with Crippen LogP contribution in [0.25, 0.3) is 0 Å². The summed E-state index contributed by atoms with van der Waals surface area (Å²) in [6, 6.07) is 13.0. The number of rotatable bonds is 13. The Bertz CT molecular complexity index is 999. The number of halogens is 1. The van der Waals surface area contributed by atoms with Gasteiger partial charge in [-0.15, -0.1) is 0 Å². The number of hydrogen-bond donors (Lipinski definition) is 1. The van der Waals surface area contributed by atoms with Crippen LogP contribution in [0, 0.1) is 10.1 Å². The first kappa shape index (κ1) is 26.1. The Labute approximate surface area is 195 Å². The summed E-state index contributed by atoms with van der Waals surface area (Å²) in [7, 11) is -2.40. The number of sulfonamides is 1. The van der Waals surface area contributed by atoms with Gasteiger partial charge in [-0.25, -0.2) is 8.42 Å². The molecule has 0 aliphatic rings. The number of hydrogen-bond acceptors (Lipinski definition) is 7. The Kier molecular flexibility index (Phi) is 10.4. The molecule has 2 rings (SSSR count). The number of nitro benzene ring substituents is 1. The number of nitrogens with zero attached hydrogens (tertiary/aromatic N) is 1. The van der Waals surface area contributed by atoms with Crippen LogP contribution in [0.2, 0.25) is 0 Å².